The lowest BCUT2D eigenvalue weighted by Crippen LogP contribution is -2.34. The van der Waals surface area contributed by atoms with Crippen molar-refractivity contribution in [3.63, 3.8) is 0 Å². The molecular weight excluding hydrogens is 757 g/mol. The van der Waals surface area contributed by atoms with Crippen LogP contribution in [0.25, 0.3) is 0 Å². The molecule has 0 aromatic carbocycles. The number of unbranched alkanes of at least 4 members (excludes halogenated alkanes) is 8. The van der Waals surface area contributed by atoms with Gasteiger partial charge in [0.15, 0.2) is 6.10 Å². The van der Waals surface area contributed by atoms with Crippen LogP contribution in [0.3, 0.4) is 0 Å². The van der Waals surface area contributed by atoms with Gasteiger partial charge in [-0.1, -0.05) is 137 Å². The van der Waals surface area contributed by atoms with E-state index >= 15 is 0 Å². The second-order valence-corrected chi connectivity index (χ2v) is 15.2. The molecule has 3 atom stereocenters. The normalized spacial score (nSPS) is 14.7. The van der Waals surface area contributed by atoms with Crippen molar-refractivity contribution in [2.45, 2.75) is 154 Å². The Kier molecular flexibility index (Phi) is 37.7. The van der Waals surface area contributed by atoms with E-state index in [0.717, 1.165) is 64.2 Å². The lowest BCUT2D eigenvalue weighted by atomic mass is 10.1. The molecule has 0 aliphatic heterocycles. The van der Waals surface area contributed by atoms with Crippen LogP contribution in [0.5, 0.6) is 0 Å². The largest absolute Gasteiger partial charge is 0.480 e. The predicted octanol–water partition coefficient (Wildman–Crippen LogP) is 11.3. The minimum absolute atomic E-state index is 0.0841. The molecule has 4 N–H and O–H groups in total. The standard InChI is InChI=1S/C46H74NO10P/c1-3-5-7-9-11-13-15-17-19-20-21-22-24-25-27-29-31-33-35-37-44(48)54-39-42(40-55-58(52,53)56-41-43(47)46(50)51)57-45(49)38-36-34-32-30-28-26-23-18-16-14-12-10-8-6-4-2/h11-14,17-19,21-23,25,27-28,30-31,33,42-43H,3-10,15-16,20,24,26,29,32,34-41,47H2,1-2H3,(H,50,51)(H,52,53)/b13-11+,14-12+,19-17+,22-21+,23-18+,27-25+,30-28+,33-31+/t42-,43+/m1/s1. The van der Waals surface area contributed by atoms with E-state index in [0.29, 0.717) is 12.8 Å². The highest BCUT2D eigenvalue weighted by atomic mass is 31.2. The van der Waals surface area contributed by atoms with Gasteiger partial charge in [-0.25, -0.2) is 4.57 Å². The Morgan fingerprint density at radius 2 is 0.931 bits per heavy atom. The van der Waals surface area contributed by atoms with Gasteiger partial charge < -0.3 is 25.2 Å². The summed E-state index contributed by atoms with van der Waals surface area (Å²) in [7, 11) is -4.75. The third-order valence-corrected chi connectivity index (χ3v) is 9.27. The van der Waals surface area contributed by atoms with E-state index in [1.54, 1.807) is 0 Å². The van der Waals surface area contributed by atoms with Crippen LogP contribution in [-0.2, 0) is 37.5 Å². The molecule has 0 bridgehead atoms. The molecule has 0 saturated heterocycles. The number of aliphatic carboxylic acids is 1. The number of hydrogen-bond acceptors (Lipinski definition) is 9. The molecule has 1 unspecified atom stereocenters. The molecule has 11 nitrogen and oxygen atoms in total. The number of nitrogens with two attached hydrogens (primary N) is 1. The number of phosphoric acid groups is 1. The third-order valence-electron chi connectivity index (χ3n) is 8.32. The summed E-state index contributed by atoms with van der Waals surface area (Å²) in [5.74, 6) is -2.55. The number of allylic oxidation sites excluding steroid dienone is 16. The molecule has 0 aliphatic carbocycles. The summed E-state index contributed by atoms with van der Waals surface area (Å²) in [5, 5.41) is 8.88. The van der Waals surface area contributed by atoms with Gasteiger partial charge in [0.25, 0.3) is 0 Å². The van der Waals surface area contributed by atoms with Gasteiger partial charge in [0.2, 0.25) is 0 Å². The second-order valence-electron chi connectivity index (χ2n) is 13.8. The maximum absolute atomic E-state index is 12.6. The average Bonchev–Trinajstić information content (AvgIpc) is 3.20. The first kappa shape index (κ1) is 54.4. The molecule has 0 aromatic rings. The van der Waals surface area contributed by atoms with Crippen molar-refractivity contribution in [1.29, 1.82) is 0 Å². The first-order valence-electron chi connectivity index (χ1n) is 21.3. The smallest absolute Gasteiger partial charge is 0.472 e. The van der Waals surface area contributed by atoms with Crippen molar-refractivity contribution in [2.24, 2.45) is 5.73 Å². The van der Waals surface area contributed by atoms with Crippen LogP contribution in [0.4, 0.5) is 0 Å². The Balaban J connectivity index is 4.59. The van der Waals surface area contributed by atoms with Crippen LogP contribution in [0.15, 0.2) is 97.2 Å². The number of carbonyl (C=O) groups is 3. The molecule has 0 fully saturated rings. The number of carbonyl (C=O) groups excluding carboxylic acids is 2. The predicted molar refractivity (Wildman–Crippen MR) is 235 cm³/mol. The van der Waals surface area contributed by atoms with Crippen molar-refractivity contribution < 1.29 is 47.5 Å². The van der Waals surface area contributed by atoms with E-state index in [2.05, 4.69) is 103 Å². The van der Waals surface area contributed by atoms with E-state index in [9.17, 15) is 23.8 Å². The van der Waals surface area contributed by atoms with Gasteiger partial charge in [0.05, 0.1) is 13.2 Å². The number of carboxylic acid groups (broad SMARTS) is 1. The maximum atomic E-state index is 12.6. The van der Waals surface area contributed by atoms with Crippen molar-refractivity contribution in [2.75, 3.05) is 19.8 Å². The zero-order chi connectivity index (χ0) is 42.8. The number of phosphoric ester groups is 1. The fourth-order valence-electron chi connectivity index (χ4n) is 4.93. The number of hydrogen-bond donors (Lipinski definition) is 3. The van der Waals surface area contributed by atoms with Gasteiger partial charge in [-0.05, 0) is 89.9 Å². The summed E-state index contributed by atoms with van der Waals surface area (Å²) in [6.07, 6.45) is 50.6. The zero-order valence-electron chi connectivity index (χ0n) is 35.3. The summed E-state index contributed by atoms with van der Waals surface area (Å²) in [5.41, 5.74) is 5.32. The van der Waals surface area contributed by atoms with Crippen LogP contribution in [0.2, 0.25) is 0 Å². The Morgan fingerprint density at radius 3 is 1.36 bits per heavy atom. The molecule has 0 aromatic heterocycles. The van der Waals surface area contributed by atoms with Gasteiger partial charge in [-0.2, -0.15) is 0 Å². The Labute approximate surface area is 349 Å². The van der Waals surface area contributed by atoms with Crippen LogP contribution in [0, 0.1) is 0 Å². The van der Waals surface area contributed by atoms with E-state index in [-0.39, 0.29) is 12.8 Å². The molecule has 0 amide bonds. The zero-order valence-corrected chi connectivity index (χ0v) is 36.2. The molecule has 0 radical (unpaired) electrons. The molecule has 0 rings (SSSR count). The fourth-order valence-corrected chi connectivity index (χ4v) is 5.71. The van der Waals surface area contributed by atoms with Crippen LogP contribution < -0.4 is 5.73 Å². The van der Waals surface area contributed by atoms with E-state index < -0.39 is 57.7 Å². The second kappa shape index (κ2) is 40.2. The van der Waals surface area contributed by atoms with E-state index in [1.807, 2.05) is 12.2 Å². The molecule has 0 heterocycles. The van der Waals surface area contributed by atoms with Gasteiger partial charge in [0, 0.05) is 12.8 Å². The number of ether oxygens (including phenoxy) is 2. The third kappa shape index (κ3) is 39.2. The lowest BCUT2D eigenvalue weighted by molar-refractivity contribution is -0.161. The minimum atomic E-state index is -4.75. The highest BCUT2D eigenvalue weighted by Gasteiger charge is 2.28. The molecule has 328 valence electrons. The minimum Gasteiger partial charge on any atom is -0.480 e. The summed E-state index contributed by atoms with van der Waals surface area (Å²) in [6, 6.07) is -1.54. The van der Waals surface area contributed by atoms with Gasteiger partial charge in [0.1, 0.15) is 12.6 Å². The highest BCUT2D eigenvalue weighted by molar-refractivity contribution is 7.47. The van der Waals surface area contributed by atoms with Crippen molar-refractivity contribution in [1.82, 2.24) is 0 Å². The fraction of sp³-hybridized carbons (Fsp3) is 0.587. The van der Waals surface area contributed by atoms with Crippen molar-refractivity contribution in [3.05, 3.63) is 97.2 Å². The SMILES string of the molecule is CCCCC/C=C/C/C=C/C/C=C/C/C=C/C/C=C/CCC(=O)OC[C@H](COP(=O)(O)OC[C@H](N)C(=O)O)OC(=O)CCCC/C=C/C/C=C/C/C=C/CCCCC. The van der Waals surface area contributed by atoms with Gasteiger partial charge in [-0.3, -0.25) is 23.4 Å². The molecule has 58 heavy (non-hydrogen) atoms. The highest BCUT2D eigenvalue weighted by Crippen LogP contribution is 2.43. The van der Waals surface area contributed by atoms with E-state index in [1.165, 1.54) is 38.5 Å². The quantitative estimate of drug-likeness (QED) is 0.0234. The first-order valence-corrected chi connectivity index (χ1v) is 22.8. The number of esters is 2. The first-order chi connectivity index (χ1) is 28.1. The Morgan fingerprint density at radius 1 is 0.534 bits per heavy atom. The summed E-state index contributed by atoms with van der Waals surface area (Å²) >= 11 is 0. The topological polar surface area (TPSA) is 172 Å². The van der Waals surface area contributed by atoms with Gasteiger partial charge >= 0.3 is 25.7 Å². The van der Waals surface area contributed by atoms with E-state index in [4.69, 9.17) is 24.8 Å². The maximum Gasteiger partial charge on any atom is 0.472 e. The Bertz CT molecular complexity index is 1350. The summed E-state index contributed by atoms with van der Waals surface area (Å²) in [4.78, 5) is 45.9. The monoisotopic (exact) mass is 832 g/mol. The van der Waals surface area contributed by atoms with Crippen molar-refractivity contribution >= 4 is 25.7 Å². The summed E-state index contributed by atoms with van der Waals surface area (Å²) in [6.45, 7) is 2.60. The van der Waals surface area contributed by atoms with Crippen molar-refractivity contribution in [3.8, 4) is 0 Å². The molecule has 0 spiro atoms. The number of rotatable bonds is 38. The average molecular weight is 832 g/mol. The molecule has 0 saturated carbocycles. The summed E-state index contributed by atoms with van der Waals surface area (Å²) < 4.78 is 32.5. The molecular formula is C46H74NO10P. The van der Waals surface area contributed by atoms with Gasteiger partial charge in [-0.15, -0.1) is 0 Å². The van der Waals surface area contributed by atoms with Crippen LogP contribution in [-0.4, -0.2) is 59.9 Å². The molecule has 12 heteroatoms. The van der Waals surface area contributed by atoms with Crippen LogP contribution >= 0.6 is 7.82 Å². The lowest BCUT2D eigenvalue weighted by Gasteiger charge is -2.20. The number of carboxylic acids is 1. The molecule has 0 aliphatic rings. The van der Waals surface area contributed by atoms with Crippen LogP contribution in [0.1, 0.15) is 142 Å². The Hall–Kier alpha value is -3.60.